The van der Waals surface area contributed by atoms with Gasteiger partial charge in [-0.05, 0) is 49.1 Å². The van der Waals surface area contributed by atoms with Crippen LogP contribution in [0.3, 0.4) is 0 Å². The molecule has 0 spiro atoms. The van der Waals surface area contributed by atoms with Gasteiger partial charge in [0.05, 0.1) is 11.3 Å². The molecule has 2 rings (SSSR count). The average Bonchev–Trinajstić information content (AvgIpc) is 2.44. The Morgan fingerprint density at radius 2 is 1.85 bits per heavy atom. The van der Waals surface area contributed by atoms with Gasteiger partial charge in [0.25, 0.3) is 0 Å². The van der Waals surface area contributed by atoms with E-state index in [0.29, 0.717) is 5.69 Å². The number of carbonyl (C=O) groups is 1. The van der Waals surface area contributed by atoms with Crippen LogP contribution in [-0.4, -0.2) is 11.1 Å². The first kappa shape index (κ1) is 14.1. The quantitative estimate of drug-likeness (QED) is 0.869. The molecule has 0 fully saturated rings. The number of hydrogen-bond acceptors (Lipinski definition) is 2. The van der Waals surface area contributed by atoms with Crippen molar-refractivity contribution in [1.29, 1.82) is 0 Å². The third-order valence-corrected chi connectivity index (χ3v) is 3.58. The lowest BCUT2D eigenvalue weighted by molar-refractivity contribution is 0.0698. The molecule has 2 aromatic rings. The smallest absolute Gasteiger partial charge is 0.337 e. The first-order chi connectivity index (χ1) is 9.54. The molecule has 0 radical (unpaired) electrons. The summed E-state index contributed by atoms with van der Waals surface area (Å²) in [5.74, 6) is -0.921. The zero-order valence-corrected chi connectivity index (χ0v) is 12.0. The van der Waals surface area contributed by atoms with Crippen LogP contribution < -0.4 is 5.32 Å². The number of rotatable bonds is 4. The highest BCUT2D eigenvalue weighted by molar-refractivity contribution is 5.95. The predicted molar refractivity (Wildman–Crippen MR) is 82.0 cm³/mol. The van der Waals surface area contributed by atoms with Crippen LogP contribution in [-0.2, 0) is 6.42 Å². The van der Waals surface area contributed by atoms with Crippen molar-refractivity contribution >= 4 is 17.3 Å². The molecular formula is C17H19NO2. The lowest BCUT2D eigenvalue weighted by atomic mass is 10.00. The Labute approximate surface area is 119 Å². The van der Waals surface area contributed by atoms with Gasteiger partial charge in [-0.25, -0.2) is 4.79 Å². The van der Waals surface area contributed by atoms with Crippen molar-refractivity contribution in [3.63, 3.8) is 0 Å². The van der Waals surface area contributed by atoms with Crippen molar-refractivity contribution in [2.24, 2.45) is 0 Å². The van der Waals surface area contributed by atoms with Gasteiger partial charge in [-0.2, -0.15) is 0 Å². The minimum atomic E-state index is -0.921. The first-order valence-electron chi connectivity index (χ1n) is 6.73. The van der Waals surface area contributed by atoms with Gasteiger partial charge in [-0.1, -0.05) is 31.2 Å². The van der Waals surface area contributed by atoms with E-state index < -0.39 is 5.97 Å². The third kappa shape index (κ3) is 2.67. The standard InChI is InChI=1S/C17H19NO2/c1-4-13-10-9-11(2)16(12(13)3)18-15-8-6-5-7-14(15)17(19)20/h5-10,18H,4H2,1-3H3,(H,19,20). The molecule has 104 valence electrons. The number of carboxylic acid groups (broad SMARTS) is 1. The molecule has 0 aromatic heterocycles. The number of para-hydroxylation sites is 1. The third-order valence-electron chi connectivity index (χ3n) is 3.58. The Hall–Kier alpha value is -2.29. The van der Waals surface area contributed by atoms with Gasteiger partial charge in [0.2, 0.25) is 0 Å². The minimum absolute atomic E-state index is 0.285. The summed E-state index contributed by atoms with van der Waals surface area (Å²) in [6.45, 7) is 6.21. The number of anilines is 2. The molecule has 0 atom stereocenters. The van der Waals surface area contributed by atoms with Gasteiger partial charge in [-0.15, -0.1) is 0 Å². The molecule has 0 amide bonds. The summed E-state index contributed by atoms with van der Waals surface area (Å²) in [6, 6.07) is 11.2. The van der Waals surface area contributed by atoms with Crippen molar-refractivity contribution in [1.82, 2.24) is 0 Å². The fourth-order valence-corrected chi connectivity index (χ4v) is 2.38. The Morgan fingerprint density at radius 3 is 2.50 bits per heavy atom. The monoisotopic (exact) mass is 269 g/mol. The molecule has 0 unspecified atom stereocenters. The lowest BCUT2D eigenvalue weighted by Crippen LogP contribution is -2.05. The summed E-state index contributed by atoms with van der Waals surface area (Å²) >= 11 is 0. The number of aryl methyl sites for hydroxylation is 2. The van der Waals surface area contributed by atoms with E-state index in [2.05, 4.69) is 31.3 Å². The summed E-state index contributed by atoms with van der Waals surface area (Å²) in [5, 5.41) is 12.5. The lowest BCUT2D eigenvalue weighted by Gasteiger charge is -2.17. The van der Waals surface area contributed by atoms with E-state index in [4.69, 9.17) is 0 Å². The summed E-state index contributed by atoms with van der Waals surface area (Å²) in [7, 11) is 0. The highest BCUT2D eigenvalue weighted by Gasteiger charge is 2.12. The molecule has 0 saturated heterocycles. The van der Waals surface area contributed by atoms with Gasteiger partial charge in [-0.3, -0.25) is 0 Å². The van der Waals surface area contributed by atoms with Crippen LogP contribution in [0, 0.1) is 13.8 Å². The van der Waals surface area contributed by atoms with Crippen LogP contribution >= 0.6 is 0 Å². The Morgan fingerprint density at radius 1 is 1.15 bits per heavy atom. The predicted octanol–water partition coefficient (Wildman–Crippen LogP) is 4.31. The number of hydrogen-bond donors (Lipinski definition) is 2. The highest BCUT2D eigenvalue weighted by atomic mass is 16.4. The molecule has 2 aromatic carbocycles. The molecule has 3 heteroatoms. The second kappa shape index (κ2) is 5.78. The molecule has 0 saturated carbocycles. The van der Waals surface area contributed by atoms with Gasteiger partial charge in [0.1, 0.15) is 0 Å². The second-order valence-electron chi connectivity index (χ2n) is 4.87. The number of aromatic carboxylic acids is 1. The number of benzene rings is 2. The van der Waals surface area contributed by atoms with E-state index in [9.17, 15) is 9.90 Å². The molecule has 0 aliphatic rings. The highest BCUT2D eigenvalue weighted by Crippen LogP contribution is 2.29. The van der Waals surface area contributed by atoms with Crippen LogP contribution in [0.25, 0.3) is 0 Å². The molecular weight excluding hydrogens is 250 g/mol. The van der Waals surface area contributed by atoms with Crippen LogP contribution in [0.5, 0.6) is 0 Å². The largest absolute Gasteiger partial charge is 0.478 e. The zero-order chi connectivity index (χ0) is 14.7. The molecule has 0 aliphatic carbocycles. The summed E-state index contributed by atoms with van der Waals surface area (Å²) in [6.07, 6.45) is 0.960. The van der Waals surface area contributed by atoms with Crippen molar-refractivity contribution in [3.05, 3.63) is 58.7 Å². The maximum absolute atomic E-state index is 11.3. The zero-order valence-electron chi connectivity index (χ0n) is 12.0. The van der Waals surface area contributed by atoms with Gasteiger partial charge in [0, 0.05) is 5.69 Å². The fraction of sp³-hybridized carbons (Fsp3) is 0.235. The van der Waals surface area contributed by atoms with Crippen molar-refractivity contribution < 1.29 is 9.90 Å². The van der Waals surface area contributed by atoms with Crippen molar-refractivity contribution in [3.8, 4) is 0 Å². The Balaban J connectivity index is 2.48. The Kier molecular flexibility index (Phi) is 4.08. The van der Waals surface area contributed by atoms with Gasteiger partial charge >= 0.3 is 5.97 Å². The first-order valence-corrected chi connectivity index (χ1v) is 6.73. The Bertz CT molecular complexity index is 647. The van der Waals surface area contributed by atoms with E-state index in [0.717, 1.165) is 17.7 Å². The molecule has 20 heavy (non-hydrogen) atoms. The average molecular weight is 269 g/mol. The van der Waals surface area contributed by atoms with Gasteiger partial charge in [0.15, 0.2) is 0 Å². The van der Waals surface area contributed by atoms with Crippen molar-refractivity contribution in [2.45, 2.75) is 27.2 Å². The van der Waals surface area contributed by atoms with E-state index in [1.807, 2.05) is 13.0 Å². The second-order valence-corrected chi connectivity index (χ2v) is 4.87. The van der Waals surface area contributed by atoms with E-state index in [1.54, 1.807) is 18.2 Å². The maximum Gasteiger partial charge on any atom is 0.337 e. The van der Waals surface area contributed by atoms with Crippen LogP contribution in [0.2, 0.25) is 0 Å². The summed E-state index contributed by atoms with van der Waals surface area (Å²) in [4.78, 5) is 11.3. The molecule has 0 aliphatic heterocycles. The number of nitrogens with one attached hydrogen (secondary N) is 1. The number of carboxylic acids is 1. The topological polar surface area (TPSA) is 49.3 Å². The summed E-state index contributed by atoms with van der Waals surface area (Å²) < 4.78 is 0. The van der Waals surface area contributed by atoms with Crippen LogP contribution in [0.1, 0.15) is 34.0 Å². The maximum atomic E-state index is 11.3. The van der Waals surface area contributed by atoms with E-state index in [1.165, 1.54) is 11.1 Å². The fourth-order valence-electron chi connectivity index (χ4n) is 2.38. The van der Waals surface area contributed by atoms with Gasteiger partial charge < -0.3 is 10.4 Å². The van der Waals surface area contributed by atoms with E-state index in [-0.39, 0.29) is 5.56 Å². The normalized spacial score (nSPS) is 10.3. The van der Waals surface area contributed by atoms with Crippen LogP contribution in [0.15, 0.2) is 36.4 Å². The SMILES string of the molecule is CCc1ccc(C)c(Nc2ccccc2C(=O)O)c1C. The molecule has 3 nitrogen and oxygen atoms in total. The van der Waals surface area contributed by atoms with Crippen molar-refractivity contribution in [2.75, 3.05) is 5.32 Å². The van der Waals surface area contributed by atoms with E-state index >= 15 is 0 Å². The minimum Gasteiger partial charge on any atom is -0.478 e. The van der Waals surface area contributed by atoms with Crippen LogP contribution in [0.4, 0.5) is 11.4 Å². The summed E-state index contributed by atoms with van der Waals surface area (Å²) in [5.41, 5.74) is 5.46. The molecule has 0 bridgehead atoms. The molecule has 0 heterocycles. The molecule has 2 N–H and O–H groups in total.